The van der Waals surface area contributed by atoms with Crippen molar-refractivity contribution >= 4 is 5.84 Å². The molecular formula is C11H23N3. The monoisotopic (exact) mass is 197 g/mol. The van der Waals surface area contributed by atoms with Gasteiger partial charge in [-0.05, 0) is 38.3 Å². The van der Waals surface area contributed by atoms with Gasteiger partial charge in [-0.25, -0.2) is 0 Å². The van der Waals surface area contributed by atoms with Crippen molar-refractivity contribution in [2.24, 2.45) is 11.1 Å². The lowest BCUT2D eigenvalue weighted by atomic mass is 9.78. The van der Waals surface area contributed by atoms with Crippen LogP contribution in [0.2, 0.25) is 0 Å². The Morgan fingerprint density at radius 1 is 1.50 bits per heavy atom. The minimum Gasteiger partial charge on any atom is -0.386 e. The fourth-order valence-electron chi connectivity index (χ4n) is 2.00. The molecule has 0 aromatic carbocycles. The minimum atomic E-state index is 0.122. The number of hydrogen-bond donors (Lipinski definition) is 2. The third kappa shape index (κ3) is 2.47. The first-order chi connectivity index (χ1) is 6.48. The third-order valence-electron chi connectivity index (χ3n) is 3.86. The van der Waals surface area contributed by atoms with E-state index in [1.807, 2.05) is 6.92 Å². The van der Waals surface area contributed by atoms with Gasteiger partial charge in [0.25, 0.3) is 0 Å². The molecule has 1 aliphatic heterocycles. The van der Waals surface area contributed by atoms with E-state index < -0.39 is 0 Å². The van der Waals surface area contributed by atoms with Crippen molar-refractivity contribution in [1.82, 2.24) is 4.90 Å². The summed E-state index contributed by atoms with van der Waals surface area (Å²) in [5, 5.41) is 7.42. The number of nitrogens with two attached hydrogens (primary N) is 1. The van der Waals surface area contributed by atoms with Crippen LogP contribution in [0.25, 0.3) is 0 Å². The summed E-state index contributed by atoms with van der Waals surface area (Å²) in [6.07, 6.45) is 3.73. The molecule has 0 aliphatic carbocycles. The van der Waals surface area contributed by atoms with E-state index in [1.54, 1.807) is 0 Å². The number of amidine groups is 1. The van der Waals surface area contributed by atoms with Gasteiger partial charge in [0.15, 0.2) is 0 Å². The van der Waals surface area contributed by atoms with Crippen LogP contribution in [0.15, 0.2) is 0 Å². The predicted molar refractivity (Wildman–Crippen MR) is 60.6 cm³/mol. The van der Waals surface area contributed by atoms with Crippen LogP contribution in [0.4, 0.5) is 0 Å². The van der Waals surface area contributed by atoms with Crippen LogP contribution < -0.4 is 5.73 Å². The summed E-state index contributed by atoms with van der Waals surface area (Å²) >= 11 is 0. The van der Waals surface area contributed by atoms with Gasteiger partial charge in [-0.3, -0.25) is 10.3 Å². The van der Waals surface area contributed by atoms with Crippen molar-refractivity contribution in [2.75, 3.05) is 13.1 Å². The summed E-state index contributed by atoms with van der Waals surface area (Å²) in [5.74, 6) is 0.296. The number of hydrogen-bond acceptors (Lipinski definition) is 2. The molecule has 0 spiro atoms. The fourth-order valence-corrected chi connectivity index (χ4v) is 2.00. The molecule has 3 heteroatoms. The summed E-state index contributed by atoms with van der Waals surface area (Å²) in [4.78, 5) is 2.32. The van der Waals surface area contributed by atoms with Gasteiger partial charge in [0.2, 0.25) is 0 Å². The molecule has 3 N–H and O–H groups in total. The fraction of sp³-hybridized carbons (Fsp3) is 0.909. The Morgan fingerprint density at radius 2 is 2.00 bits per heavy atom. The molecular weight excluding hydrogens is 174 g/mol. The zero-order valence-electron chi connectivity index (χ0n) is 9.64. The van der Waals surface area contributed by atoms with E-state index in [2.05, 4.69) is 18.7 Å². The highest BCUT2D eigenvalue weighted by Crippen LogP contribution is 2.34. The van der Waals surface area contributed by atoms with Gasteiger partial charge in [-0.1, -0.05) is 20.3 Å². The van der Waals surface area contributed by atoms with Crippen LogP contribution in [0.1, 0.15) is 40.0 Å². The molecule has 1 rings (SSSR count). The zero-order valence-corrected chi connectivity index (χ0v) is 9.64. The summed E-state index contributed by atoms with van der Waals surface area (Å²) in [6, 6.07) is 0.122. The maximum Gasteiger partial charge on any atom is 0.108 e. The van der Waals surface area contributed by atoms with Crippen molar-refractivity contribution < 1.29 is 0 Å². The average molecular weight is 197 g/mol. The standard InChI is InChI=1S/C11H23N3/c1-4-11(3)5-7-14(8-6-11)9(2)10(12)13/h9H,4-8H2,1-3H3,(H3,12,13). The first-order valence-corrected chi connectivity index (χ1v) is 5.56. The maximum absolute atomic E-state index is 7.42. The Bertz CT molecular complexity index is 205. The quantitative estimate of drug-likeness (QED) is 0.535. The summed E-state index contributed by atoms with van der Waals surface area (Å²) in [6.45, 7) is 8.83. The van der Waals surface area contributed by atoms with E-state index in [0.29, 0.717) is 11.3 Å². The highest BCUT2D eigenvalue weighted by Gasteiger charge is 2.30. The van der Waals surface area contributed by atoms with E-state index in [4.69, 9.17) is 11.1 Å². The van der Waals surface area contributed by atoms with Gasteiger partial charge in [0.05, 0.1) is 6.04 Å². The molecule has 1 heterocycles. The zero-order chi connectivity index (χ0) is 10.8. The maximum atomic E-state index is 7.42. The van der Waals surface area contributed by atoms with Crippen LogP contribution in [-0.2, 0) is 0 Å². The van der Waals surface area contributed by atoms with Crippen molar-refractivity contribution in [1.29, 1.82) is 5.41 Å². The highest BCUT2D eigenvalue weighted by molar-refractivity contribution is 5.82. The van der Waals surface area contributed by atoms with Gasteiger partial charge in [0.1, 0.15) is 5.84 Å². The van der Waals surface area contributed by atoms with E-state index in [0.717, 1.165) is 13.1 Å². The van der Waals surface area contributed by atoms with Crippen LogP contribution in [0.5, 0.6) is 0 Å². The molecule has 1 unspecified atom stereocenters. The molecule has 14 heavy (non-hydrogen) atoms. The van der Waals surface area contributed by atoms with Gasteiger partial charge in [0, 0.05) is 0 Å². The van der Waals surface area contributed by atoms with Crippen LogP contribution in [0, 0.1) is 10.8 Å². The van der Waals surface area contributed by atoms with E-state index >= 15 is 0 Å². The molecule has 1 atom stereocenters. The lowest BCUT2D eigenvalue weighted by molar-refractivity contribution is 0.105. The Morgan fingerprint density at radius 3 is 2.36 bits per heavy atom. The Labute approximate surface area is 87.2 Å². The second kappa shape index (κ2) is 4.30. The Balaban J connectivity index is 2.47. The van der Waals surface area contributed by atoms with E-state index in [1.165, 1.54) is 19.3 Å². The average Bonchev–Trinajstić information content (AvgIpc) is 2.18. The van der Waals surface area contributed by atoms with Crippen LogP contribution >= 0.6 is 0 Å². The van der Waals surface area contributed by atoms with Crippen molar-refractivity contribution in [2.45, 2.75) is 46.1 Å². The van der Waals surface area contributed by atoms with Crippen molar-refractivity contribution in [3.8, 4) is 0 Å². The molecule has 1 saturated heterocycles. The first-order valence-electron chi connectivity index (χ1n) is 5.56. The number of piperidine rings is 1. The second-order valence-corrected chi connectivity index (χ2v) is 4.83. The molecule has 82 valence electrons. The number of nitrogens with zero attached hydrogens (tertiary/aromatic N) is 1. The van der Waals surface area contributed by atoms with E-state index in [9.17, 15) is 0 Å². The lowest BCUT2D eigenvalue weighted by Crippen LogP contribution is -2.48. The normalized spacial score (nSPS) is 24.5. The minimum absolute atomic E-state index is 0.122. The van der Waals surface area contributed by atoms with Gasteiger partial charge < -0.3 is 5.73 Å². The smallest absolute Gasteiger partial charge is 0.108 e. The molecule has 0 amide bonds. The number of nitrogens with one attached hydrogen (secondary N) is 1. The molecule has 0 aromatic heterocycles. The molecule has 0 radical (unpaired) electrons. The van der Waals surface area contributed by atoms with Gasteiger partial charge in [-0.2, -0.15) is 0 Å². The Kier molecular flexibility index (Phi) is 3.53. The Hall–Kier alpha value is -0.570. The van der Waals surface area contributed by atoms with Crippen molar-refractivity contribution in [3.05, 3.63) is 0 Å². The first kappa shape index (κ1) is 11.5. The van der Waals surface area contributed by atoms with E-state index in [-0.39, 0.29) is 6.04 Å². The molecule has 3 nitrogen and oxygen atoms in total. The molecule has 1 fully saturated rings. The van der Waals surface area contributed by atoms with Gasteiger partial charge in [-0.15, -0.1) is 0 Å². The topological polar surface area (TPSA) is 53.1 Å². The summed E-state index contributed by atoms with van der Waals surface area (Å²) in [5.41, 5.74) is 6.03. The second-order valence-electron chi connectivity index (χ2n) is 4.83. The van der Waals surface area contributed by atoms with Crippen LogP contribution in [-0.4, -0.2) is 29.9 Å². The molecule has 0 bridgehead atoms. The lowest BCUT2D eigenvalue weighted by Gasteiger charge is -2.41. The van der Waals surface area contributed by atoms with Gasteiger partial charge >= 0.3 is 0 Å². The molecule has 0 aromatic rings. The largest absolute Gasteiger partial charge is 0.386 e. The number of likely N-dealkylation sites (tertiary alicyclic amines) is 1. The summed E-state index contributed by atoms with van der Waals surface area (Å²) < 4.78 is 0. The molecule has 1 aliphatic rings. The van der Waals surface area contributed by atoms with Crippen LogP contribution in [0.3, 0.4) is 0 Å². The summed E-state index contributed by atoms with van der Waals surface area (Å²) in [7, 11) is 0. The van der Waals surface area contributed by atoms with Crippen molar-refractivity contribution in [3.63, 3.8) is 0 Å². The molecule has 0 saturated carbocycles. The predicted octanol–water partition coefficient (Wildman–Crippen LogP) is 1.82. The third-order valence-corrected chi connectivity index (χ3v) is 3.86. The highest BCUT2D eigenvalue weighted by atomic mass is 15.2. The SMILES string of the molecule is CCC1(C)CCN(C(C)C(=N)N)CC1. The number of rotatable bonds is 3.